The molecular formula is C19H23F5. The summed E-state index contributed by atoms with van der Waals surface area (Å²) in [6.07, 6.45) is 4.56. The van der Waals surface area contributed by atoms with E-state index in [2.05, 4.69) is 6.92 Å². The molecule has 0 nitrogen and oxygen atoms in total. The van der Waals surface area contributed by atoms with Crippen molar-refractivity contribution in [2.45, 2.75) is 63.7 Å². The number of hydrogen-bond acceptors (Lipinski definition) is 0. The van der Waals surface area contributed by atoms with Gasteiger partial charge in [-0.25, -0.2) is 22.0 Å². The molecule has 0 aliphatic heterocycles. The van der Waals surface area contributed by atoms with Crippen LogP contribution in [0.15, 0.2) is 12.1 Å². The minimum atomic E-state index is -3.02. The summed E-state index contributed by atoms with van der Waals surface area (Å²) in [5.41, 5.74) is -0.124. The second kappa shape index (κ2) is 6.64. The first-order valence-electron chi connectivity index (χ1n) is 8.84. The highest BCUT2D eigenvalue weighted by atomic mass is 19.3. The van der Waals surface area contributed by atoms with Crippen molar-refractivity contribution in [3.63, 3.8) is 0 Å². The fourth-order valence-corrected chi connectivity index (χ4v) is 4.86. The zero-order chi connectivity index (χ0) is 17.5. The van der Waals surface area contributed by atoms with E-state index in [-0.39, 0.29) is 30.2 Å². The lowest BCUT2D eigenvalue weighted by atomic mass is 9.86. The Labute approximate surface area is 139 Å². The molecule has 0 N–H and O–H groups in total. The third-order valence-electron chi connectivity index (χ3n) is 5.91. The van der Waals surface area contributed by atoms with Crippen molar-refractivity contribution in [2.75, 3.05) is 0 Å². The van der Waals surface area contributed by atoms with Gasteiger partial charge in [0, 0.05) is 12.3 Å². The van der Waals surface area contributed by atoms with Crippen molar-refractivity contribution in [3.8, 4) is 0 Å². The summed E-state index contributed by atoms with van der Waals surface area (Å²) in [5, 5.41) is 0. The number of rotatable bonds is 3. The SMILES string of the molecule is CCCC1CC2CCC(c3cc(F)c(F)c(F)c3)C(F)(F)CC2C1. The molecule has 134 valence electrons. The fourth-order valence-electron chi connectivity index (χ4n) is 4.86. The van der Waals surface area contributed by atoms with Crippen LogP contribution in [0, 0.1) is 35.2 Å². The molecular weight excluding hydrogens is 323 g/mol. The van der Waals surface area contributed by atoms with E-state index in [9.17, 15) is 22.0 Å². The van der Waals surface area contributed by atoms with E-state index >= 15 is 0 Å². The maximum atomic E-state index is 14.8. The van der Waals surface area contributed by atoms with E-state index in [1.165, 1.54) is 0 Å². The normalized spacial score (nSPS) is 32.4. The molecule has 2 fully saturated rings. The molecule has 4 atom stereocenters. The third-order valence-corrected chi connectivity index (χ3v) is 5.91. The molecule has 0 amide bonds. The summed E-state index contributed by atoms with van der Waals surface area (Å²) in [6.45, 7) is 2.11. The molecule has 0 heterocycles. The van der Waals surface area contributed by atoms with Gasteiger partial charge in [0.2, 0.25) is 0 Å². The Kier molecular flexibility index (Phi) is 4.89. The van der Waals surface area contributed by atoms with Crippen molar-refractivity contribution < 1.29 is 22.0 Å². The second-order valence-corrected chi connectivity index (χ2v) is 7.54. The summed E-state index contributed by atoms with van der Waals surface area (Å²) in [4.78, 5) is 0. The standard InChI is InChI=1S/C19H23F5/c1-2-3-11-6-12-4-5-15(19(23,24)10-14(12)7-11)13-8-16(20)18(22)17(21)9-13/h8-9,11-12,14-15H,2-7,10H2,1H3. The van der Waals surface area contributed by atoms with Gasteiger partial charge in [0.1, 0.15) is 0 Å². The summed E-state index contributed by atoms with van der Waals surface area (Å²) in [7, 11) is 0. The first-order chi connectivity index (χ1) is 11.3. The van der Waals surface area contributed by atoms with E-state index in [1.54, 1.807) is 0 Å². The Hall–Kier alpha value is -1.13. The highest BCUT2D eigenvalue weighted by Gasteiger charge is 2.49. The van der Waals surface area contributed by atoms with Crippen molar-refractivity contribution in [3.05, 3.63) is 35.1 Å². The van der Waals surface area contributed by atoms with Gasteiger partial charge < -0.3 is 0 Å². The van der Waals surface area contributed by atoms with Crippen LogP contribution in [0.3, 0.4) is 0 Å². The van der Waals surface area contributed by atoms with E-state index in [0.717, 1.165) is 37.8 Å². The lowest BCUT2D eigenvalue weighted by molar-refractivity contribution is -0.0455. The Morgan fingerprint density at radius 2 is 1.62 bits per heavy atom. The van der Waals surface area contributed by atoms with E-state index in [4.69, 9.17) is 0 Å². The van der Waals surface area contributed by atoms with Gasteiger partial charge >= 0.3 is 0 Å². The minimum Gasteiger partial charge on any atom is -0.206 e. The average Bonchev–Trinajstić information content (AvgIpc) is 2.80. The second-order valence-electron chi connectivity index (χ2n) is 7.54. The Morgan fingerprint density at radius 3 is 2.25 bits per heavy atom. The maximum absolute atomic E-state index is 14.8. The van der Waals surface area contributed by atoms with Crippen molar-refractivity contribution >= 4 is 0 Å². The highest BCUT2D eigenvalue weighted by Crippen LogP contribution is 2.53. The summed E-state index contributed by atoms with van der Waals surface area (Å²) < 4.78 is 69.6. The molecule has 2 aliphatic carbocycles. The van der Waals surface area contributed by atoms with Gasteiger partial charge in [-0.15, -0.1) is 0 Å². The molecule has 0 saturated heterocycles. The zero-order valence-corrected chi connectivity index (χ0v) is 13.8. The van der Waals surface area contributed by atoms with Crippen LogP contribution in [0.25, 0.3) is 0 Å². The van der Waals surface area contributed by atoms with Crippen molar-refractivity contribution in [1.82, 2.24) is 0 Å². The van der Waals surface area contributed by atoms with Gasteiger partial charge in [0.15, 0.2) is 17.5 Å². The topological polar surface area (TPSA) is 0 Å². The number of benzene rings is 1. The van der Waals surface area contributed by atoms with E-state index in [0.29, 0.717) is 12.3 Å². The molecule has 0 bridgehead atoms. The quantitative estimate of drug-likeness (QED) is 0.436. The number of alkyl halides is 2. The van der Waals surface area contributed by atoms with Crippen LogP contribution in [-0.4, -0.2) is 5.92 Å². The highest BCUT2D eigenvalue weighted by molar-refractivity contribution is 5.25. The molecule has 0 spiro atoms. The smallest absolute Gasteiger partial charge is 0.206 e. The average molecular weight is 346 g/mol. The van der Waals surface area contributed by atoms with Gasteiger partial charge in [0.05, 0.1) is 0 Å². The molecule has 0 radical (unpaired) electrons. The number of halogens is 5. The van der Waals surface area contributed by atoms with Crippen LogP contribution in [0.4, 0.5) is 22.0 Å². The van der Waals surface area contributed by atoms with Gasteiger partial charge in [-0.3, -0.25) is 0 Å². The molecule has 5 heteroatoms. The molecule has 0 aromatic heterocycles. The summed E-state index contributed by atoms with van der Waals surface area (Å²) in [5.74, 6) is -7.87. The minimum absolute atomic E-state index is 0.0170. The van der Waals surface area contributed by atoms with Gasteiger partial charge in [0.25, 0.3) is 5.92 Å². The van der Waals surface area contributed by atoms with Gasteiger partial charge in [-0.05, 0) is 61.1 Å². The molecule has 3 rings (SSSR count). The Balaban J connectivity index is 1.83. The first-order valence-corrected chi connectivity index (χ1v) is 8.84. The van der Waals surface area contributed by atoms with E-state index < -0.39 is 29.3 Å². The lowest BCUT2D eigenvalue weighted by Gasteiger charge is -2.27. The van der Waals surface area contributed by atoms with Gasteiger partial charge in [-0.2, -0.15) is 0 Å². The summed E-state index contributed by atoms with van der Waals surface area (Å²) in [6, 6.07) is 1.47. The van der Waals surface area contributed by atoms with Crippen LogP contribution in [0.2, 0.25) is 0 Å². The zero-order valence-electron chi connectivity index (χ0n) is 13.8. The largest absolute Gasteiger partial charge is 0.255 e. The Morgan fingerprint density at radius 1 is 1.00 bits per heavy atom. The maximum Gasteiger partial charge on any atom is 0.255 e. The molecule has 1 aromatic rings. The van der Waals surface area contributed by atoms with Crippen LogP contribution in [-0.2, 0) is 0 Å². The number of hydrogen-bond donors (Lipinski definition) is 0. The predicted octanol–water partition coefficient (Wildman–Crippen LogP) is 6.45. The lowest BCUT2D eigenvalue weighted by Crippen LogP contribution is -2.28. The van der Waals surface area contributed by atoms with Gasteiger partial charge in [-0.1, -0.05) is 19.8 Å². The fraction of sp³-hybridized carbons (Fsp3) is 0.684. The first kappa shape index (κ1) is 17.7. The third kappa shape index (κ3) is 3.31. The summed E-state index contributed by atoms with van der Waals surface area (Å²) >= 11 is 0. The van der Waals surface area contributed by atoms with Crippen LogP contribution >= 0.6 is 0 Å². The van der Waals surface area contributed by atoms with Crippen LogP contribution in [0.5, 0.6) is 0 Å². The molecule has 4 unspecified atom stereocenters. The van der Waals surface area contributed by atoms with Crippen LogP contribution < -0.4 is 0 Å². The monoisotopic (exact) mass is 346 g/mol. The number of fused-ring (bicyclic) bond motifs is 1. The molecule has 2 aliphatic rings. The molecule has 1 aromatic carbocycles. The Bertz CT molecular complexity index is 574. The molecule has 2 saturated carbocycles. The van der Waals surface area contributed by atoms with Crippen molar-refractivity contribution in [1.29, 1.82) is 0 Å². The van der Waals surface area contributed by atoms with Crippen molar-refractivity contribution in [2.24, 2.45) is 17.8 Å². The van der Waals surface area contributed by atoms with E-state index in [1.807, 2.05) is 0 Å². The molecule has 24 heavy (non-hydrogen) atoms. The predicted molar refractivity (Wildman–Crippen MR) is 82.5 cm³/mol. The van der Waals surface area contributed by atoms with Crippen LogP contribution in [0.1, 0.15) is 63.4 Å².